The number of rotatable bonds is 6. The first-order valence-electron chi connectivity index (χ1n) is 7.59. The molecule has 1 heterocycles. The van der Waals surface area contributed by atoms with Gasteiger partial charge < -0.3 is 19.7 Å². The number of likely N-dealkylation sites (N-methyl/N-ethyl adjacent to an activating group) is 1. The Hall–Kier alpha value is -1.75. The summed E-state index contributed by atoms with van der Waals surface area (Å²) in [4.78, 5) is 14.3. The maximum atomic E-state index is 12.4. The van der Waals surface area contributed by atoms with Crippen molar-refractivity contribution in [3.05, 3.63) is 18.2 Å². The highest BCUT2D eigenvalue weighted by Crippen LogP contribution is 2.33. The third kappa shape index (κ3) is 3.47. The quantitative estimate of drug-likeness (QED) is 0.873. The number of nitrogens with one attached hydrogen (secondary N) is 1. The van der Waals surface area contributed by atoms with Crippen molar-refractivity contribution in [1.82, 2.24) is 5.32 Å². The molecule has 1 atom stereocenters. The molecule has 0 aliphatic carbocycles. The summed E-state index contributed by atoms with van der Waals surface area (Å²) in [5.74, 6) is 1.53. The van der Waals surface area contributed by atoms with Crippen LogP contribution in [-0.2, 0) is 4.79 Å². The average Bonchev–Trinajstić information content (AvgIpc) is 2.50. The molecule has 1 saturated heterocycles. The molecule has 0 spiro atoms. The number of piperidine rings is 1. The number of benzene rings is 1. The van der Waals surface area contributed by atoms with Crippen LogP contribution < -0.4 is 19.7 Å². The zero-order valence-corrected chi connectivity index (χ0v) is 13.0. The van der Waals surface area contributed by atoms with Gasteiger partial charge in [-0.25, -0.2) is 0 Å². The molecule has 0 saturated carbocycles. The van der Waals surface area contributed by atoms with E-state index in [-0.39, 0.29) is 11.9 Å². The minimum atomic E-state index is -0.0964. The number of ether oxygens (including phenoxy) is 2. The average molecular weight is 292 g/mol. The molecule has 1 aromatic carbocycles. The van der Waals surface area contributed by atoms with E-state index in [9.17, 15) is 4.79 Å². The Morgan fingerprint density at radius 1 is 1.24 bits per heavy atom. The van der Waals surface area contributed by atoms with Crippen molar-refractivity contribution in [2.45, 2.75) is 32.7 Å². The van der Waals surface area contributed by atoms with Gasteiger partial charge in [-0.3, -0.25) is 4.79 Å². The fourth-order valence-corrected chi connectivity index (χ4v) is 2.61. The van der Waals surface area contributed by atoms with Crippen LogP contribution in [-0.4, -0.2) is 38.8 Å². The second-order valence-corrected chi connectivity index (χ2v) is 4.97. The predicted molar refractivity (Wildman–Crippen MR) is 83.2 cm³/mol. The first-order valence-corrected chi connectivity index (χ1v) is 7.59. The van der Waals surface area contributed by atoms with E-state index >= 15 is 0 Å². The summed E-state index contributed by atoms with van der Waals surface area (Å²) in [6.45, 7) is 5.78. The van der Waals surface area contributed by atoms with Crippen molar-refractivity contribution >= 4 is 11.6 Å². The van der Waals surface area contributed by atoms with Gasteiger partial charge in [-0.1, -0.05) is 0 Å². The summed E-state index contributed by atoms with van der Waals surface area (Å²) in [6.07, 6.45) is 1.88. The summed E-state index contributed by atoms with van der Waals surface area (Å²) in [5, 5.41) is 3.08. The maximum absolute atomic E-state index is 12.4. The Labute approximate surface area is 126 Å². The molecule has 1 aliphatic rings. The fraction of sp³-hybridized carbons (Fsp3) is 0.562. The predicted octanol–water partition coefficient (Wildman–Crippen LogP) is 2.20. The van der Waals surface area contributed by atoms with Gasteiger partial charge in [0.2, 0.25) is 5.91 Å². The van der Waals surface area contributed by atoms with Crippen LogP contribution in [0.3, 0.4) is 0 Å². The largest absolute Gasteiger partial charge is 0.490 e. The van der Waals surface area contributed by atoms with Crippen molar-refractivity contribution in [2.75, 3.05) is 31.7 Å². The van der Waals surface area contributed by atoms with Crippen molar-refractivity contribution in [2.24, 2.45) is 0 Å². The molecule has 1 N–H and O–H groups in total. The van der Waals surface area contributed by atoms with Crippen molar-refractivity contribution in [3.8, 4) is 11.5 Å². The van der Waals surface area contributed by atoms with Crippen LogP contribution in [0.5, 0.6) is 11.5 Å². The van der Waals surface area contributed by atoms with E-state index in [2.05, 4.69) is 5.32 Å². The number of amides is 1. The molecular formula is C16H24N2O3. The Morgan fingerprint density at radius 3 is 2.62 bits per heavy atom. The first kappa shape index (κ1) is 15.6. The highest BCUT2D eigenvalue weighted by Gasteiger charge is 2.28. The van der Waals surface area contributed by atoms with Gasteiger partial charge in [0.15, 0.2) is 11.5 Å². The SMILES string of the molecule is CCOc1ccc(N2CCCC(NC)C2=O)cc1OCC. The van der Waals surface area contributed by atoms with Crippen LogP contribution in [0.25, 0.3) is 0 Å². The Kier molecular flexibility index (Phi) is 5.44. The molecule has 1 aliphatic heterocycles. The standard InChI is InChI=1S/C16H24N2O3/c1-4-20-14-9-8-12(11-15(14)21-5-2)18-10-6-7-13(17-3)16(18)19/h8-9,11,13,17H,4-7,10H2,1-3H3. The lowest BCUT2D eigenvalue weighted by atomic mass is 10.0. The van der Waals surface area contributed by atoms with Crippen LogP contribution in [0, 0.1) is 0 Å². The molecule has 1 fully saturated rings. The molecule has 0 aromatic heterocycles. The van der Waals surface area contributed by atoms with E-state index in [1.165, 1.54) is 0 Å². The Morgan fingerprint density at radius 2 is 1.95 bits per heavy atom. The van der Waals surface area contributed by atoms with Gasteiger partial charge in [0.05, 0.1) is 19.3 Å². The van der Waals surface area contributed by atoms with Crippen LogP contribution in [0.2, 0.25) is 0 Å². The summed E-state index contributed by atoms with van der Waals surface area (Å²) in [5.41, 5.74) is 0.867. The molecule has 5 nitrogen and oxygen atoms in total. The van der Waals surface area contributed by atoms with Crippen molar-refractivity contribution in [3.63, 3.8) is 0 Å². The number of anilines is 1. The summed E-state index contributed by atoms with van der Waals surface area (Å²) in [7, 11) is 1.83. The molecule has 5 heteroatoms. The molecule has 0 bridgehead atoms. The summed E-state index contributed by atoms with van der Waals surface area (Å²) in [6, 6.07) is 5.59. The van der Waals surface area contributed by atoms with Gasteiger partial charge in [-0.2, -0.15) is 0 Å². The van der Waals surface area contributed by atoms with Crippen LogP contribution in [0.4, 0.5) is 5.69 Å². The van der Waals surface area contributed by atoms with Crippen molar-refractivity contribution in [1.29, 1.82) is 0 Å². The Bertz CT molecular complexity index is 490. The number of hydrogen-bond acceptors (Lipinski definition) is 4. The van der Waals surface area contributed by atoms with E-state index in [0.717, 1.165) is 30.8 Å². The second kappa shape index (κ2) is 7.31. The summed E-state index contributed by atoms with van der Waals surface area (Å²) < 4.78 is 11.2. The fourth-order valence-electron chi connectivity index (χ4n) is 2.61. The molecule has 1 aromatic rings. The van der Waals surface area contributed by atoms with Gasteiger partial charge in [-0.15, -0.1) is 0 Å². The van der Waals surface area contributed by atoms with Gasteiger partial charge in [0, 0.05) is 18.3 Å². The second-order valence-electron chi connectivity index (χ2n) is 4.97. The van der Waals surface area contributed by atoms with Crippen LogP contribution >= 0.6 is 0 Å². The zero-order chi connectivity index (χ0) is 15.2. The first-order chi connectivity index (χ1) is 10.2. The lowest BCUT2D eigenvalue weighted by Gasteiger charge is -2.32. The highest BCUT2D eigenvalue weighted by molar-refractivity contribution is 5.98. The monoisotopic (exact) mass is 292 g/mol. The van der Waals surface area contributed by atoms with Gasteiger partial charge in [0.25, 0.3) is 0 Å². The van der Waals surface area contributed by atoms with Crippen LogP contribution in [0.1, 0.15) is 26.7 Å². The minimum absolute atomic E-state index is 0.0964. The maximum Gasteiger partial charge on any atom is 0.244 e. The lowest BCUT2D eigenvalue weighted by molar-refractivity contribution is -0.121. The Balaban J connectivity index is 2.26. The normalized spacial score (nSPS) is 18.7. The number of carbonyl (C=O) groups excluding carboxylic acids is 1. The zero-order valence-electron chi connectivity index (χ0n) is 13.0. The van der Waals surface area contributed by atoms with Gasteiger partial charge in [0.1, 0.15) is 0 Å². The molecule has 21 heavy (non-hydrogen) atoms. The highest BCUT2D eigenvalue weighted by atomic mass is 16.5. The van der Waals surface area contributed by atoms with Crippen LogP contribution in [0.15, 0.2) is 18.2 Å². The molecule has 2 rings (SSSR count). The number of nitrogens with zero attached hydrogens (tertiary/aromatic N) is 1. The van der Waals surface area contributed by atoms with E-state index in [1.54, 1.807) is 0 Å². The molecular weight excluding hydrogens is 268 g/mol. The molecule has 116 valence electrons. The van der Waals surface area contributed by atoms with Gasteiger partial charge >= 0.3 is 0 Å². The lowest BCUT2D eigenvalue weighted by Crippen LogP contribution is -2.49. The van der Waals surface area contributed by atoms with E-state index in [1.807, 2.05) is 44.0 Å². The summed E-state index contributed by atoms with van der Waals surface area (Å²) >= 11 is 0. The third-order valence-corrected chi connectivity index (χ3v) is 3.63. The third-order valence-electron chi connectivity index (χ3n) is 3.63. The van der Waals surface area contributed by atoms with E-state index in [0.29, 0.717) is 19.0 Å². The van der Waals surface area contributed by atoms with E-state index < -0.39 is 0 Å². The minimum Gasteiger partial charge on any atom is -0.490 e. The molecule has 0 radical (unpaired) electrons. The topological polar surface area (TPSA) is 50.8 Å². The van der Waals surface area contributed by atoms with Crippen molar-refractivity contribution < 1.29 is 14.3 Å². The molecule has 1 amide bonds. The number of hydrogen-bond donors (Lipinski definition) is 1. The van der Waals surface area contributed by atoms with E-state index in [4.69, 9.17) is 9.47 Å². The number of carbonyl (C=O) groups is 1. The smallest absolute Gasteiger partial charge is 0.244 e. The molecule has 1 unspecified atom stereocenters. The van der Waals surface area contributed by atoms with Gasteiger partial charge in [-0.05, 0) is 45.9 Å².